The first-order valence-electron chi connectivity index (χ1n) is 5.87. The van der Waals surface area contributed by atoms with E-state index in [1.54, 1.807) is 0 Å². The molecule has 0 radical (unpaired) electrons. The van der Waals surface area contributed by atoms with Crippen LogP contribution in [0.2, 0.25) is 0 Å². The Kier molecular flexibility index (Phi) is 8.09. The molecule has 0 saturated carbocycles. The van der Waals surface area contributed by atoms with Gasteiger partial charge in [0, 0.05) is 6.54 Å². The molecule has 0 spiro atoms. The van der Waals surface area contributed by atoms with Gasteiger partial charge in [0.2, 0.25) is 0 Å². The Balaban J connectivity index is 3.89. The molecule has 90 valence electrons. The number of aliphatic imine (C=N–C) groups is 1. The lowest BCUT2D eigenvalue weighted by atomic mass is 9.97. The van der Waals surface area contributed by atoms with Crippen LogP contribution in [0.4, 0.5) is 0 Å². The van der Waals surface area contributed by atoms with Crippen LogP contribution in [0.3, 0.4) is 0 Å². The summed E-state index contributed by atoms with van der Waals surface area (Å²) in [5, 5.41) is 12.8. The monoisotopic (exact) mass is 215 g/mol. The van der Waals surface area contributed by atoms with Crippen molar-refractivity contribution in [2.45, 2.75) is 46.1 Å². The second kappa shape index (κ2) is 8.53. The molecule has 4 nitrogen and oxygen atoms in total. The van der Waals surface area contributed by atoms with Crippen LogP contribution in [0.25, 0.3) is 0 Å². The quantitative estimate of drug-likeness (QED) is 0.440. The van der Waals surface area contributed by atoms with E-state index < -0.39 is 0 Å². The van der Waals surface area contributed by atoms with Gasteiger partial charge in [-0.1, -0.05) is 33.6 Å². The Bertz CT molecular complexity index is 179. The van der Waals surface area contributed by atoms with E-state index in [4.69, 9.17) is 5.73 Å². The average Bonchev–Trinajstić information content (AvgIpc) is 2.25. The molecule has 0 aromatic heterocycles. The van der Waals surface area contributed by atoms with Crippen LogP contribution in [-0.2, 0) is 0 Å². The molecular weight excluding hydrogens is 190 g/mol. The number of guanidine groups is 1. The van der Waals surface area contributed by atoms with Gasteiger partial charge in [-0.2, -0.15) is 0 Å². The normalized spacial score (nSPS) is 14.3. The molecule has 0 aliphatic heterocycles. The standard InChI is InChI=1S/C11H25N3O/c1-4-7-13-11(12)14-8-10(15)9(5-2)6-3/h9-10,15H,4-8H2,1-3H3,(H3,12,13,14). The largest absolute Gasteiger partial charge is 0.391 e. The highest BCUT2D eigenvalue weighted by atomic mass is 16.3. The number of nitrogens with one attached hydrogen (secondary N) is 1. The Morgan fingerprint density at radius 2 is 1.93 bits per heavy atom. The lowest BCUT2D eigenvalue weighted by molar-refractivity contribution is 0.111. The molecule has 0 bridgehead atoms. The van der Waals surface area contributed by atoms with Gasteiger partial charge in [-0.3, -0.25) is 4.99 Å². The predicted molar refractivity (Wildman–Crippen MR) is 64.9 cm³/mol. The van der Waals surface area contributed by atoms with Crippen molar-refractivity contribution in [2.24, 2.45) is 16.6 Å². The first kappa shape index (κ1) is 14.2. The zero-order chi connectivity index (χ0) is 11.7. The van der Waals surface area contributed by atoms with Crippen molar-refractivity contribution >= 4 is 5.96 Å². The van der Waals surface area contributed by atoms with Gasteiger partial charge >= 0.3 is 0 Å². The minimum atomic E-state index is -0.373. The summed E-state index contributed by atoms with van der Waals surface area (Å²) in [5.41, 5.74) is 5.62. The number of rotatable bonds is 7. The Morgan fingerprint density at radius 3 is 2.40 bits per heavy atom. The second-order valence-corrected chi connectivity index (χ2v) is 3.80. The zero-order valence-corrected chi connectivity index (χ0v) is 10.2. The minimum Gasteiger partial charge on any atom is -0.391 e. The summed E-state index contributed by atoms with van der Waals surface area (Å²) in [6, 6.07) is 0. The minimum absolute atomic E-state index is 0.327. The van der Waals surface area contributed by atoms with E-state index in [1.807, 2.05) is 0 Å². The van der Waals surface area contributed by atoms with Gasteiger partial charge in [-0.15, -0.1) is 0 Å². The van der Waals surface area contributed by atoms with Crippen LogP contribution in [0.1, 0.15) is 40.0 Å². The molecule has 1 unspecified atom stereocenters. The van der Waals surface area contributed by atoms with Crippen LogP contribution < -0.4 is 11.1 Å². The van der Waals surface area contributed by atoms with E-state index in [0.29, 0.717) is 18.4 Å². The average molecular weight is 215 g/mol. The highest BCUT2D eigenvalue weighted by Gasteiger charge is 2.14. The molecule has 15 heavy (non-hydrogen) atoms. The summed E-state index contributed by atoms with van der Waals surface area (Å²) in [4.78, 5) is 4.11. The summed E-state index contributed by atoms with van der Waals surface area (Å²) >= 11 is 0. The maximum absolute atomic E-state index is 9.79. The second-order valence-electron chi connectivity index (χ2n) is 3.80. The Morgan fingerprint density at radius 1 is 1.33 bits per heavy atom. The van der Waals surface area contributed by atoms with Crippen molar-refractivity contribution in [1.29, 1.82) is 0 Å². The molecule has 0 fully saturated rings. The summed E-state index contributed by atoms with van der Waals surface area (Å²) in [6.07, 6.45) is 2.61. The summed E-state index contributed by atoms with van der Waals surface area (Å²) in [6.45, 7) is 7.46. The van der Waals surface area contributed by atoms with Crippen LogP contribution in [0.15, 0.2) is 4.99 Å². The third kappa shape index (κ3) is 6.33. The Hall–Kier alpha value is -0.770. The van der Waals surface area contributed by atoms with Gasteiger partial charge in [0.15, 0.2) is 5.96 Å². The third-order valence-electron chi connectivity index (χ3n) is 2.60. The van der Waals surface area contributed by atoms with E-state index in [9.17, 15) is 5.11 Å². The van der Waals surface area contributed by atoms with E-state index in [-0.39, 0.29) is 6.10 Å². The molecule has 1 atom stereocenters. The van der Waals surface area contributed by atoms with Crippen molar-refractivity contribution < 1.29 is 5.11 Å². The van der Waals surface area contributed by atoms with Gasteiger partial charge in [0.1, 0.15) is 0 Å². The fourth-order valence-electron chi connectivity index (χ4n) is 1.48. The van der Waals surface area contributed by atoms with Gasteiger partial charge < -0.3 is 16.2 Å². The third-order valence-corrected chi connectivity index (χ3v) is 2.60. The molecule has 0 rings (SSSR count). The van der Waals surface area contributed by atoms with Crippen LogP contribution in [0, 0.1) is 5.92 Å². The highest BCUT2D eigenvalue weighted by Crippen LogP contribution is 2.12. The molecule has 0 aromatic rings. The number of aliphatic hydroxyl groups is 1. The molecule has 0 saturated heterocycles. The van der Waals surface area contributed by atoms with Crippen LogP contribution >= 0.6 is 0 Å². The maximum atomic E-state index is 9.79. The molecule has 0 aromatic carbocycles. The summed E-state index contributed by atoms with van der Waals surface area (Å²) in [7, 11) is 0. The number of hydrogen-bond donors (Lipinski definition) is 3. The topological polar surface area (TPSA) is 70.6 Å². The molecule has 0 amide bonds. The number of nitrogens with two attached hydrogens (primary N) is 1. The van der Waals surface area contributed by atoms with E-state index >= 15 is 0 Å². The van der Waals surface area contributed by atoms with E-state index in [1.165, 1.54) is 0 Å². The van der Waals surface area contributed by atoms with Gasteiger partial charge in [0.05, 0.1) is 12.6 Å². The van der Waals surface area contributed by atoms with Gasteiger partial charge in [0.25, 0.3) is 0 Å². The zero-order valence-electron chi connectivity index (χ0n) is 10.2. The first-order chi connectivity index (χ1) is 7.15. The first-order valence-corrected chi connectivity index (χ1v) is 5.87. The maximum Gasteiger partial charge on any atom is 0.188 e. The van der Waals surface area contributed by atoms with Gasteiger partial charge in [-0.25, -0.2) is 0 Å². The molecule has 4 heteroatoms. The Labute approximate surface area is 93.0 Å². The number of hydrogen-bond acceptors (Lipinski definition) is 2. The lowest BCUT2D eigenvalue weighted by Gasteiger charge is -2.18. The lowest BCUT2D eigenvalue weighted by Crippen LogP contribution is -2.34. The number of aliphatic hydroxyl groups excluding tert-OH is 1. The molecule has 4 N–H and O–H groups in total. The summed E-state index contributed by atoms with van der Waals surface area (Å²) < 4.78 is 0. The van der Waals surface area contributed by atoms with Crippen molar-refractivity contribution in [3.8, 4) is 0 Å². The van der Waals surface area contributed by atoms with Crippen molar-refractivity contribution in [3.63, 3.8) is 0 Å². The van der Waals surface area contributed by atoms with Crippen LogP contribution in [-0.4, -0.2) is 30.3 Å². The summed E-state index contributed by atoms with van der Waals surface area (Å²) in [5.74, 6) is 0.759. The SMILES string of the molecule is CCCNC(N)=NCC(O)C(CC)CC. The van der Waals surface area contributed by atoms with Gasteiger partial charge in [-0.05, 0) is 12.3 Å². The van der Waals surface area contributed by atoms with Crippen molar-refractivity contribution in [2.75, 3.05) is 13.1 Å². The fourth-order valence-corrected chi connectivity index (χ4v) is 1.48. The van der Waals surface area contributed by atoms with E-state index in [2.05, 4.69) is 31.1 Å². The molecule has 0 aliphatic rings. The molecule has 0 aliphatic carbocycles. The molecular formula is C11H25N3O. The smallest absolute Gasteiger partial charge is 0.188 e. The predicted octanol–water partition coefficient (Wildman–Crippen LogP) is 1.10. The molecule has 0 heterocycles. The van der Waals surface area contributed by atoms with E-state index in [0.717, 1.165) is 25.8 Å². The highest BCUT2D eigenvalue weighted by molar-refractivity contribution is 5.77. The van der Waals surface area contributed by atoms with Crippen molar-refractivity contribution in [1.82, 2.24) is 5.32 Å². The fraction of sp³-hybridized carbons (Fsp3) is 0.909. The van der Waals surface area contributed by atoms with Crippen molar-refractivity contribution in [3.05, 3.63) is 0 Å². The number of nitrogens with zero attached hydrogens (tertiary/aromatic N) is 1. The van der Waals surface area contributed by atoms with Crippen LogP contribution in [0.5, 0.6) is 0 Å².